The molecule has 80 valence electrons. The van der Waals surface area contributed by atoms with Crippen molar-refractivity contribution in [3.63, 3.8) is 0 Å². The van der Waals surface area contributed by atoms with Gasteiger partial charge in [-0.05, 0) is 13.8 Å². The number of nitriles is 2. The molecule has 15 heavy (non-hydrogen) atoms. The molecule has 0 aromatic rings. The van der Waals surface area contributed by atoms with Crippen molar-refractivity contribution in [1.82, 2.24) is 0 Å². The van der Waals surface area contributed by atoms with Crippen molar-refractivity contribution in [3.8, 4) is 12.1 Å². The molecule has 0 spiro atoms. The molecule has 5 heteroatoms. The number of esters is 1. The van der Waals surface area contributed by atoms with Gasteiger partial charge in [-0.1, -0.05) is 0 Å². The number of allylic oxidation sites excluding steroid dienone is 1. The molecule has 0 rings (SSSR count). The summed E-state index contributed by atoms with van der Waals surface area (Å²) in [6.45, 7) is 3.81. The second kappa shape index (κ2) is 7.40. The largest absolute Gasteiger partial charge is 0.495 e. The van der Waals surface area contributed by atoms with E-state index in [4.69, 9.17) is 15.3 Å². The van der Waals surface area contributed by atoms with E-state index in [2.05, 4.69) is 4.74 Å². The van der Waals surface area contributed by atoms with Gasteiger partial charge in [0, 0.05) is 0 Å². The van der Waals surface area contributed by atoms with Crippen molar-refractivity contribution in [2.45, 2.75) is 20.3 Å². The molecule has 0 fully saturated rings. The van der Waals surface area contributed by atoms with Crippen LogP contribution in [0, 0.1) is 22.7 Å². The number of hydrogen-bond donors (Lipinski definition) is 0. The van der Waals surface area contributed by atoms with Gasteiger partial charge in [-0.3, -0.25) is 0 Å². The van der Waals surface area contributed by atoms with Gasteiger partial charge in [0.15, 0.2) is 5.57 Å². The van der Waals surface area contributed by atoms with Gasteiger partial charge in [-0.25, -0.2) is 4.79 Å². The van der Waals surface area contributed by atoms with E-state index in [0.29, 0.717) is 6.61 Å². The van der Waals surface area contributed by atoms with Crippen molar-refractivity contribution >= 4 is 5.97 Å². The Hall–Kier alpha value is -2.01. The molecule has 0 atom stereocenters. The molecule has 0 aliphatic heterocycles. The topological polar surface area (TPSA) is 83.1 Å². The highest BCUT2D eigenvalue weighted by Gasteiger charge is 2.17. The summed E-state index contributed by atoms with van der Waals surface area (Å²) < 4.78 is 9.70. The van der Waals surface area contributed by atoms with E-state index in [1.54, 1.807) is 19.9 Å². The van der Waals surface area contributed by atoms with E-state index in [0.717, 1.165) is 0 Å². The molecule has 0 saturated carbocycles. The third kappa shape index (κ3) is 4.15. The van der Waals surface area contributed by atoms with Gasteiger partial charge in [0.2, 0.25) is 0 Å². The number of rotatable bonds is 5. The smallest absolute Gasteiger partial charge is 0.352 e. The monoisotopic (exact) mass is 208 g/mol. The van der Waals surface area contributed by atoms with E-state index < -0.39 is 5.97 Å². The number of carbonyl (C=O) groups excluding carboxylic acids is 1. The average molecular weight is 208 g/mol. The Bertz CT molecular complexity index is 334. The summed E-state index contributed by atoms with van der Waals surface area (Å²) in [7, 11) is 0. The molecule has 0 bridgehead atoms. The Morgan fingerprint density at radius 1 is 1.20 bits per heavy atom. The molecule has 0 aliphatic rings. The zero-order valence-electron chi connectivity index (χ0n) is 8.74. The lowest BCUT2D eigenvalue weighted by Gasteiger charge is -2.07. The normalized spacial score (nSPS) is 10.7. The average Bonchev–Trinajstić information content (AvgIpc) is 2.20. The third-order valence-electron chi connectivity index (χ3n) is 1.43. The maximum Gasteiger partial charge on any atom is 0.352 e. The quantitative estimate of drug-likeness (QED) is 0.294. The van der Waals surface area contributed by atoms with E-state index in [-0.39, 0.29) is 24.4 Å². The molecule has 0 radical (unpaired) electrons. The summed E-state index contributed by atoms with van der Waals surface area (Å²) in [6, 6.07) is 3.51. The maximum absolute atomic E-state index is 11.3. The van der Waals surface area contributed by atoms with Crippen LogP contribution in [-0.4, -0.2) is 19.2 Å². The molecule has 0 amide bonds. The van der Waals surface area contributed by atoms with Crippen molar-refractivity contribution in [3.05, 3.63) is 11.3 Å². The zero-order valence-corrected chi connectivity index (χ0v) is 8.74. The first-order chi connectivity index (χ1) is 7.21. The predicted octanol–water partition coefficient (Wildman–Crippen LogP) is 1.28. The standard InChI is InChI=1S/C10H12N2O3/c1-3-14-9(5-6-11)8(7-12)10(13)15-4-2/h3-5H2,1-2H3/b9-8-. The summed E-state index contributed by atoms with van der Waals surface area (Å²) in [5, 5.41) is 17.2. The molecule has 0 saturated heterocycles. The molecule has 0 unspecified atom stereocenters. The Morgan fingerprint density at radius 2 is 1.80 bits per heavy atom. The Labute approximate surface area is 88.5 Å². The second-order valence-electron chi connectivity index (χ2n) is 2.40. The van der Waals surface area contributed by atoms with Gasteiger partial charge in [-0.2, -0.15) is 10.5 Å². The van der Waals surface area contributed by atoms with Gasteiger partial charge < -0.3 is 9.47 Å². The molecular formula is C10H12N2O3. The summed E-state index contributed by atoms with van der Waals surface area (Å²) in [6.07, 6.45) is -0.116. The first-order valence-corrected chi connectivity index (χ1v) is 4.51. The van der Waals surface area contributed by atoms with Crippen molar-refractivity contribution in [2.75, 3.05) is 13.2 Å². The fourth-order valence-corrected chi connectivity index (χ4v) is 0.883. The molecule has 0 heterocycles. The minimum atomic E-state index is -0.751. The summed E-state index contributed by atoms with van der Waals surface area (Å²) in [5.41, 5.74) is -0.236. The van der Waals surface area contributed by atoms with Crippen molar-refractivity contribution in [2.24, 2.45) is 0 Å². The second-order valence-corrected chi connectivity index (χ2v) is 2.40. The predicted molar refractivity (Wildman–Crippen MR) is 51.1 cm³/mol. The highest BCUT2D eigenvalue weighted by molar-refractivity contribution is 5.93. The highest BCUT2D eigenvalue weighted by Crippen LogP contribution is 2.11. The fraction of sp³-hybridized carbons (Fsp3) is 0.500. The fourth-order valence-electron chi connectivity index (χ4n) is 0.883. The van der Waals surface area contributed by atoms with Crippen LogP contribution in [0.15, 0.2) is 11.3 Å². The Balaban J connectivity index is 4.97. The zero-order chi connectivity index (χ0) is 11.7. The number of carbonyl (C=O) groups is 1. The molecule has 0 aromatic heterocycles. The van der Waals surface area contributed by atoms with Crippen LogP contribution in [0.3, 0.4) is 0 Å². The minimum absolute atomic E-state index is 0.0703. The Kier molecular flexibility index (Phi) is 6.41. The van der Waals surface area contributed by atoms with Crippen LogP contribution >= 0.6 is 0 Å². The lowest BCUT2D eigenvalue weighted by Crippen LogP contribution is -2.10. The van der Waals surface area contributed by atoms with Crippen molar-refractivity contribution in [1.29, 1.82) is 10.5 Å². The molecule has 0 aromatic carbocycles. The van der Waals surface area contributed by atoms with Crippen LogP contribution in [0.2, 0.25) is 0 Å². The third-order valence-corrected chi connectivity index (χ3v) is 1.43. The van der Waals surface area contributed by atoms with Crippen LogP contribution in [0.25, 0.3) is 0 Å². The minimum Gasteiger partial charge on any atom is -0.495 e. The SMILES string of the molecule is CCOC(=O)/C(C#N)=C(/CC#N)OCC. The van der Waals surface area contributed by atoms with E-state index in [1.165, 1.54) is 0 Å². The van der Waals surface area contributed by atoms with Crippen LogP contribution in [-0.2, 0) is 14.3 Å². The van der Waals surface area contributed by atoms with E-state index >= 15 is 0 Å². The van der Waals surface area contributed by atoms with E-state index in [9.17, 15) is 4.79 Å². The highest BCUT2D eigenvalue weighted by atomic mass is 16.5. The van der Waals surface area contributed by atoms with Gasteiger partial charge in [-0.15, -0.1) is 0 Å². The first-order valence-electron chi connectivity index (χ1n) is 4.51. The summed E-state index contributed by atoms with van der Waals surface area (Å²) >= 11 is 0. The van der Waals surface area contributed by atoms with Crippen molar-refractivity contribution < 1.29 is 14.3 Å². The van der Waals surface area contributed by atoms with Gasteiger partial charge >= 0.3 is 5.97 Å². The molecular weight excluding hydrogens is 196 g/mol. The number of hydrogen-bond acceptors (Lipinski definition) is 5. The lowest BCUT2D eigenvalue weighted by atomic mass is 10.2. The van der Waals surface area contributed by atoms with Gasteiger partial charge in [0.1, 0.15) is 11.8 Å². The van der Waals surface area contributed by atoms with Crippen LogP contribution in [0.4, 0.5) is 0 Å². The van der Waals surface area contributed by atoms with Gasteiger partial charge in [0.05, 0.1) is 25.7 Å². The van der Waals surface area contributed by atoms with Crippen LogP contribution < -0.4 is 0 Å². The summed E-state index contributed by atoms with van der Waals surface area (Å²) in [5.74, 6) is -0.681. The van der Waals surface area contributed by atoms with E-state index in [1.807, 2.05) is 6.07 Å². The molecule has 5 nitrogen and oxygen atoms in total. The molecule has 0 aliphatic carbocycles. The first kappa shape index (κ1) is 13.0. The Morgan fingerprint density at radius 3 is 2.20 bits per heavy atom. The number of ether oxygens (including phenoxy) is 2. The summed E-state index contributed by atoms with van der Waals surface area (Å²) in [4.78, 5) is 11.3. The maximum atomic E-state index is 11.3. The van der Waals surface area contributed by atoms with Crippen LogP contribution in [0.1, 0.15) is 20.3 Å². The number of nitrogens with zero attached hydrogens (tertiary/aromatic N) is 2. The molecule has 0 N–H and O–H groups in total. The van der Waals surface area contributed by atoms with Gasteiger partial charge in [0.25, 0.3) is 0 Å². The lowest BCUT2D eigenvalue weighted by molar-refractivity contribution is -0.138. The van der Waals surface area contributed by atoms with Crippen LogP contribution in [0.5, 0.6) is 0 Å².